The zero-order valence-electron chi connectivity index (χ0n) is 24.7. The molecule has 1 fully saturated rings. The summed E-state index contributed by atoms with van der Waals surface area (Å²) in [5.41, 5.74) is 9.28. The maximum atomic E-state index is 14.4. The van der Waals surface area contributed by atoms with Gasteiger partial charge in [0.05, 0.1) is 12.6 Å². The highest BCUT2D eigenvalue weighted by Crippen LogP contribution is 2.48. The van der Waals surface area contributed by atoms with E-state index < -0.39 is 5.66 Å². The summed E-state index contributed by atoms with van der Waals surface area (Å²) in [6.45, 7) is 6.56. The van der Waals surface area contributed by atoms with E-state index in [-0.39, 0.29) is 30.2 Å². The highest BCUT2D eigenvalue weighted by atomic mass is 35.5. The first kappa shape index (κ1) is 30.8. The number of carbonyl (C=O) groups excluding carboxylic acids is 2. The summed E-state index contributed by atoms with van der Waals surface area (Å²) in [4.78, 5) is 34.2. The number of rotatable bonds is 8. The van der Waals surface area contributed by atoms with E-state index in [9.17, 15) is 9.59 Å². The second-order valence-electron chi connectivity index (χ2n) is 12.0. The number of benzene rings is 3. The van der Waals surface area contributed by atoms with Crippen molar-refractivity contribution in [2.75, 3.05) is 6.54 Å². The molecule has 4 N–H and O–H groups in total. The van der Waals surface area contributed by atoms with Crippen LogP contribution < -0.4 is 11.1 Å². The van der Waals surface area contributed by atoms with Gasteiger partial charge in [-0.2, -0.15) is 0 Å². The fraction of sp³-hybridized carbons (Fsp3) is 0.353. The number of nitrogens with two attached hydrogens (primary N) is 1. The lowest BCUT2D eigenvalue weighted by atomic mass is 9.75. The van der Waals surface area contributed by atoms with Crippen LogP contribution in [0.1, 0.15) is 74.0 Å². The van der Waals surface area contributed by atoms with Crippen LogP contribution in [0.2, 0.25) is 10.0 Å². The highest BCUT2D eigenvalue weighted by molar-refractivity contribution is 6.46. The Kier molecular flexibility index (Phi) is 8.95. The first-order valence-electron chi connectivity index (χ1n) is 14.7. The summed E-state index contributed by atoms with van der Waals surface area (Å²) in [7, 11) is 0. The highest BCUT2D eigenvalue weighted by Gasteiger charge is 2.52. The molecule has 3 atom stereocenters. The van der Waals surface area contributed by atoms with Crippen molar-refractivity contribution >= 4 is 46.6 Å². The molecular formula is C34H37Cl2N5O2. The first-order valence-corrected chi connectivity index (χ1v) is 15.5. The number of halogens is 2. The lowest BCUT2D eigenvalue weighted by Crippen LogP contribution is -2.52. The lowest BCUT2D eigenvalue weighted by molar-refractivity contribution is -0.134. The van der Waals surface area contributed by atoms with E-state index in [0.29, 0.717) is 39.6 Å². The summed E-state index contributed by atoms with van der Waals surface area (Å²) in [5.74, 6) is 0.357. The predicted molar refractivity (Wildman–Crippen MR) is 174 cm³/mol. The van der Waals surface area contributed by atoms with Gasteiger partial charge in [-0.25, -0.2) is 0 Å². The van der Waals surface area contributed by atoms with Crippen LogP contribution in [0, 0.1) is 17.2 Å². The minimum Gasteiger partial charge on any atom is -0.386 e. The molecule has 0 radical (unpaired) electrons. The molecule has 0 saturated heterocycles. The molecule has 1 spiro atoms. The van der Waals surface area contributed by atoms with E-state index in [1.54, 1.807) is 18.2 Å². The Morgan fingerprint density at radius 2 is 1.58 bits per heavy atom. The van der Waals surface area contributed by atoms with Gasteiger partial charge in [-0.05, 0) is 84.5 Å². The third-order valence-corrected chi connectivity index (χ3v) is 8.83. The molecule has 0 aromatic heterocycles. The first-order chi connectivity index (χ1) is 20.5. The van der Waals surface area contributed by atoms with Gasteiger partial charge in [0.15, 0.2) is 0 Å². The molecule has 1 saturated carbocycles. The largest absolute Gasteiger partial charge is 0.386 e. The number of amidine groups is 1. The summed E-state index contributed by atoms with van der Waals surface area (Å²) in [5, 5.41) is 11.1. The lowest BCUT2D eigenvalue weighted by Gasteiger charge is -2.47. The number of nitrogens with zero attached hydrogens (tertiary/aromatic N) is 2. The molecule has 3 aromatic rings. The minimum absolute atomic E-state index is 0.00667. The topological polar surface area (TPSA) is 112 Å². The van der Waals surface area contributed by atoms with E-state index in [2.05, 4.69) is 26.1 Å². The van der Waals surface area contributed by atoms with Crippen LogP contribution in [0.4, 0.5) is 0 Å². The summed E-state index contributed by atoms with van der Waals surface area (Å²) < 4.78 is 0. The van der Waals surface area contributed by atoms with Crippen molar-refractivity contribution in [3.05, 3.63) is 93.5 Å². The average Bonchev–Trinajstić information content (AvgIpc) is 3.22. The molecule has 9 heteroatoms. The second kappa shape index (κ2) is 12.5. The molecule has 2 unspecified atom stereocenters. The molecule has 43 heavy (non-hydrogen) atoms. The van der Waals surface area contributed by atoms with Crippen LogP contribution in [0.5, 0.6) is 0 Å². The molecular weight excluding hydrogens is 581 g/mol. The van der Waals surface area contributed by atoms with Crippen molar-refractivity contribution < 1.29 is 9.59 Å². The fourth-order valence-corrected chi connectivity index (χ4v) is 7.34. The van der Waals surface area contributed by atoms with Crippen molar-refractivity contribution in [3.63, 3.8) is 0 Å². The Morgan fingerprint density at radius 3 is 2.14 bits per heavy atom. The van der Waals surface area contributed by atoms with Crippen molar-refractivity contribution in [1.82, 2.24) is 10.2 Å². The summed E-state index contributed by atoms with van der Waals surface area (Å²) in [6, 6.07) is 20.4. The third kappa shape index (κ3) is 6.48. The van der Waals surface area contributed by atoms with Crippen molar-refractivity contribution in [3.8, 4) is 11.1 Å². The number of carbonyl (C=O) groups is 2. The van der Waals surface area contributed by atoms with E-state index in [4.69, 9.17) is 39.3 Å². The molecule has 224 valence electrons. The van der Waals surface area contributed by atoms with Gasteiger partial charge in [0.1, 0.15) is 17.2 Å². The minimum atomic E-state index is -0.638. The molecule has 2 amide bonds. The Balaban J connectivity index is 1.48. The van der Waals surface area contributed by atoms with Gasteiger partial charge in [-0.1, -0.05) is 80.4 Å². The van der Waals surface area contributed by atoms with Crippen molar-refractivity contribution in [2.45, 2.75) is 58.2 Å². The maximum absolute atomic E-state index is 14.4. The number of amides is 2. The normalized spacial score (nSPS) is 22.4. The second-order valence-corrected chi connectivity index (χ2v) is 12.8. The standard InChI is InChI=1S/C34H37Cl2N5O2/c1-4-29(23-7-11-25(12-8-23)32(42)39-19-30(37)38)41-33(43)31(40-34(41)17-20(2)13-21(3)18-34)24-9-5-22(6-10-24)26-14-27(35)16-28(36)15-26/h5-12,14-16,20-21,29H,4,13,17-19H2,1-3H3,(H3,37,38)(H,39,42)/t20?,21?,29-,34?/m1/s1. The Morgan fingerprint density at radius 1 is 1.00 bits per heavy atom. The molecule has 5 rings (SSSR count). The van der Waals surface area contributed by atoms with Gasteiger partial charge in [0.2, 0.25) is 0 Å². The Hall–Kier alpha value is -3.68. The fourth-order valence-electron chi connectivity index (χ4n) is 6.82. The monoisotopic (exact) mass is 617 g/mol. The molecule has 7 nitrogen and oxygen atoms in total. The van der Waals surface area contributed by atoms with Crippen LogP contribution in [0.3, 0.4) is 0 Å². The van der Waals surface area contributed by atoms with E-state index in [1.165, 1.54) is 0 Å². The van der Waals surface area contributed by atoms with E-state index in [0.717, 1.165) is 41.5 Å². The van der Waals surface area contributed by atoms with Gasteiger partial charge >= 0.3 is 0 Å². The molecule has 0 bridgehead atoms. The third-order valence-electron chi connectivity index (χ3n) is 8.39. The average molecular weight is 619 g/mol. The predicted octanol–water partition coefficient (Wildman–Crippen LogP) is 7.26. The summed E-state index contributed by atoms with van der Waals surface area (Å²) >= 11 is 12.5. The van der Waals surface area contributed by atoms with Crippen molar-refractivity contribution in [1.29, 1.82) is 5.41 Å². The van der Waals surface area contributed by atoms with Gasteiger partial charge in [-0.15, -0.1) is 0 Å². The zero-order valence-corrected chi connectivity index (χ0v) is 26.2. The van der Waals surface area contributed by atoms with E-state index >= 15 is 0 Å². The van der Waals surface area contributed by atoms with Gasteiger partial charge < -0.3 is 16.0 Å². The van der Waals surface area contributed by atoms with Gasteiger partial charge in [0.25, 0.3) is 11.8 Å². The van der Waals surface area contributed by atoms with Crippen LogP contribution in [-0.2, 0) is 4.79 Å². The SMILES string of the molecule is CC[C@H](c1ccc(C(=O)NCC(=N)N)cc1)N1C(=O)C(c2ccc(-c3cc(Cl)cc(Cl)c3)cc2)=NC12CC(C)CC(C)C2. The zero-order chi connectivity index (χ0) is 30.9. The van der Waals surface area contributed by atoms with Gasteiger partial charge in [0, 0.05) is 21.2 Å². The van der Waals surface area contributed by atoms with Crippen LogP contribution >= 0.6 is 23.2 Å². The molecule has 1 aliphatic carbocycles. The maximum Gasteiger partial charge on any atom is 0.275 e. The Labute approximate surface area is 263 Å². The molecule has 1 heterocycles. The smallest absolute Gasteiger partial charge is 0.275 e. The van der Waals surface area contributed by atoms with Crippen molar-refractivity contribution in [2.24, 2.45) is 22.6 Å². The molecule has 3 aromatic carbocycles. The van der Waals surface area contributed by atoms with Gasteiger partial charge in [-0.3, -0.25) is 20.0 Å². The number of hydrogen-bond acceptors (Lipinski definition) is 4. The van der Waals surface area contributed by atoms with Crippen LogP contribution in [0.25, 0.3) is 11.1 Å². The van der Waals surface area contributed by atoms with E-state index in [1.807, 2.05) is 53.4 Å². The quantitative estimate of drug-likeness (QED) is 0.183. The molecule has 1 aliphatic heterocycles. The number of aliphatic imine (C=N–C) groups is 1. The molecule has 2 aliphatic rings. The Bertz CT molecular complexity index is 1540. The number of nitrogens with one attached hydrogen (secondary N) is 2. The van der Waals surface area contributed by atoms with Crippen LogP contribution in [0.15, 0.2) is 71.7 Å². The number of hydrogen-bond donors (Lipinski definition) is 3. The van der Waals surface area contributed by atoms with Crippen LogP contribution in [-0.4, -0.2) is 40.5 Å². The summed E-state index contributed by atoms with van der Waals surface area (Å²) in [6.07, 6.45) is 3.40.